The molecule has 2 aromatic rings. The standard InChI is InChI=1S/C13H16ClN5O2S/c14-13-2-1-12(22-13)9-16-3-5-17(6-4-16)10-18-8-11(7-15-18)19(20)21/h1-2,7-8H,3-6,9-10H2. The molecule has 118 valence electrons. The molecule has 0 N–H and O–H groups in total. The Labute approximate surface area is 136 Å². The largest absolute Gasteiger partial charge is 0.307 e. The number of rotatable bonds is 5. The molecule has 2 aromatic heterocycles. The molecule has 1 aliphatic rings. The van der Waals surface area contributed by atoms with Crippen LogP contribution in [0.2, 0.25) is 4.34 Å². The van der Waals surface area contributed by atoms with Crippen LogP contribution >= 0.6 is 22.9 Å². The predicted molar refractivity (Wildman–Crippen MR) is 85.1 cm³/mol. The SMILES string of the molecule is O=[N+]([O-])c1cnn(CN2CCN(Cc3ccc(Cl)s3)CC2)c1. The highest BCUT2D eigenvalue weighted by Gasteiger charge is 2.18. The third kappa shape index (κ3) is 3.83. The molecule has 0 radical (unpaired) electrons. The van der Waals surface area contributed by atoms with Gasteiger partial charge in [0.2, 0.25) is 0 Å². The third-order valence-electron chi connectivity index (χ3n) is 3.65. The van der Waals surface area contributed by atoms with Crippen LogP contribution in [-0.2, 0) is 13.2 Å². The molecular formula is C13H16ClN5O2S. The van der Waals surface area contributed by atoms with Crippen LogP contribution in [0.25, 0.3) is 0 Å². The molecule has 1 saturated heterocycles. The van der Waals surface area contributed by atoms with Gasteiger partial charge in [0, 0.05) is 37.6 Å². The number of aromatic nitrogens is 2. The van der Waals surface area contributed by atoms with E-state index in [9.17, 15) is 10.1 Å². The van der Waals surface area contributed by atoms with Gasteiger partial charge in [-0.2, -0.15) is 5.10 Å². The summed E-state index contributed by atoms with van der Waals surface area (Å²) in [4.78, 5) is 16.1. The highest BCUT2D eigenvalue weighted by Crippen LogP contribution is 2.23. The average Bonchev–Trinajstić information content (AvgIpc) is 3.10. The Kier molecular flexibility index (Phi) is 4.72. The van der Waals surface area contributed by atoms with Crippen LogP contribution in [0, 0.1) is 10.1 Å². The minimum Gasteiger partial charge on any atom is -0.296 e. The fourth-order valence-corrected chi connectivity index (χ4v) is 3.61. The summed E-state index contributed by atoms with van der Waals surface area (Å²) in [5.41, 5.74) is 0.0354. The number of thiophene rings is 1. The van der Waals surface area contributed by atoms with E-state index in [1.807, 2.05) is 6.07 Å². The molecule has 1 aliphatic heterocycles. The Hall–Kier alpha value is -1.48. The summed E-state index contributed by atoms with van der Waals surface area (Å²) in [5, 5.41) is 14.7. The number of piperazine rings is 1. The van der Waals surface area contributed by atoms with Crippen molar-refractivity contribution < 1.29 is 4.92 Å². The summed E-state index contributed by atoms with van der Waals surface area (Å²) in [6.07, 6.45) is 2.76. The van der Waals surface area contributed by atoms with Gasteiger partial charge in [-0.25, -0.2) is 0 Å². The number of hydrogen-bond donors (Lipinski definition) is 0. The lowest BCUT2D eigenvalue weighted by molar-refractivity contribution is -0.385. The van der Waals surface area contributed by atoms with Crippen LogP contribution < -0.4 is 0 Å². The minimum atomic E-state index is -0.423. The van der Waals surface area contributed by atoms with Crippen molar-refractivity contribution in [2.45, 2.75) is 13.2 Å². The molecule has 0 aliphatic carbocycles. The zero-order valence-electron chi connectivity index (χ0n) is 11.9. The molecule has 0 bridgehead atoms. The average molecular weight is 342 g/mol. The smallest absolute Gasteiger partial charge is 0.296 e. The van der Waals surface area contributed by atoms with Gasteiger partial charge in [-0.15, -0.1) is 11.3 Å². The molecule has 22 heavy (non-hydrogen) atoms. The van der Waals surface area contributed by atoms with E-state index in [-0.39, 0.29) is 5.69 Å². The van der Waals surface area contributed by atoms with Crippen molar-refractivity contribution >= 4 is 28.6 Å². The summed E-state index contributed by atoms with van der Waals surface area (Å²) in [6.45, 7) is 5.31. The fourth-order valence-electron chi connectivity index (χ4n) is 2.48. The van der Waals surface area contributed by atoms with Gasteiger partial charge in [0.1, 0.15) is 12.4 Å². The van der Waals surface area contributed by atoms with Crippen LogP contribution in [0.1, 0.15) is 4.88 Å². The summed E-state index contributed by atoms with van der Waals surface area (Å²) in [7, 11) is 0. The van der Waals surface area contributed by atoms with Crippen molar-refractivity contribution in [3.8, 4) is 0 Å². The Balaban J connectivity index is 1.47. The second kappa shape index (κ2) is 6.74. The first kappa shape index (κ1) is 15.4. The molecule has 3 heterocycles. The van der Waals surface area contributed by atoms with Crippen LogP contribution in [-0.4, -0.2) is 50.7 Å². The number of halogens is 1. The highest BCUT2D eigenvalue weighted by molar-refractivity contribution is 7.16. The Bertz CT molecular complexity index is 650. The molecule has 0 saturated carbocycles. The molecule has 3 rings (SSSR count). The summed E-state index contributed by atoms with van der Waals surface area (Å²) in [5.74, 6) is 0. The summed E-state index contributed by atoms with van der Waals surface area (Å²) in [6, 6.07) is 4.00. The normalized spacial score (nSPS) is 17.0. The van der Waals surface area contributed by atoms with E-state index >= 15 is 0 Å². The molecule has 0 amide bonds. The van der Waals surface area contributed by atoms with Crippen molar-refractivity contribution in [2.75, 3.05) is 26.2 Å². The fraction of sp³-hybridized carbons (Fsp3) is 0.462. The molecule has 0 unspecified atom stereocenters. The van der Waals surface area contributed by atoms with E-state index in [1.165, 1.54) is 17.3 Å². The maximum atomic E-state index is 10.6. The van der Waals surface area contributed by atoms with E-state index in [0.717, 1.165) is 37.1 Å². The molecule has 0 aromatic carbocycles. The van der Waals surface area contributed by atoms with Crippen LogP contribution in [0.3, 0.4) is 0 Å². The van der Waals surface area contributed by atoms with Gasteiger partial charge in [0.15, 0.2) is 0 Å². The molecular weight excluding hydrogens is 326 g/mol. The molecule has 1 fully saturated rings. The van der Waals surface area contributed by atoms with Crippen molar-refractivity contribution in [1.29, 1.82) is 0 Å². The van der Waals surface area contributed by atoms with E-state index in [2.05, 4.69) is 21.0 Å². The van der Waals surface area contributed by atoms with E-state index in [1.54, 1.807) is 16.0 Å². The van der Waals surface area contributed by atoms with Gasteiger partial charge in [-0.1, -0.05) is 11.6 Å². The van der Waals surface area contributed by atoms with Gasteiger partial charge in [0.05, 0.1) is 15.9 Å². The number of hydrogen-bond acceptors (Lipinski definition) is 6. The molecule has 0 atom stereocenters. The van der Waals surface area contributed by atoms with Crippen LogP contribution in [0.4, 0.5) is 5.69 Å². The lowest BCUT2D eigenvalue weighted by Crippen LogP contribution is -2.46. The van der Waals surface area contributed by atoms with Crippen LogP contribution in [0.15, 0.2) is 24.5 Å². The molecule has 9 heteroatoms. The third-order valence-corrected chi connectivity index (χ3v) is 4.86. The Morgan fingerprint density at radius 1 is 1.27 bits per heavy atom. The predicted octanol–water partition coefficient (Wildman–Crippen LogP) is 2.28. The molecule has 7 nitrogen and oxygen atoms in total. The van der Waals surface area contributed by atoms with E-state index in [0.29, 0.717) is 6.67 Å². The zero-order valence-corrected chi connectivity index (χ0v) is 13.5. The summed E-state index contributed by atoms with van der Waals surface area (Å²) >= 11 is 7.57. The lowest BCUT2D eigenvalue weighted by atomic mass is 10.3. The first-order chi connectivity index (χ1) is 10.6. The van der Waals surface area contributed by atoms with Crippen molar-refractivity contribution in [2.24, 2.45) is 0 Å². The quantitative estimate of drug-likeness (QED) is 0.616. The van der Waals surface area contributed by atoms with Crippen LogP contribution in [0.5, 0.6) is 0 Å². The van der Waals surface area contributed by atoms with Crippen molar-refractivity contribution in [3.05, 3.63) is 43.9 Å². The lowest BCUT2D eigenvalue weighted by Gasteiger charge is -2.34. The minimum absolute atomic E-state index is 0.0354. The van der Waals surface area contributed by atoms with Gasteiger partial charge < -0.3 is 0 Å². The number of nitro groups is 1. The second-order valence-corrected chi connectivity index (χ2v) is 7.04. The Morgan fingerprint density at radius 3 is 2.59 bits per heavy atom. The maximum absolute atomic E-state index is 10.6. The summed E-state index contributed by atoms with van der Waals surface area (Å²) < 4.78 is 2.45. The monoisotopic (exact) mass is 341 g/mol. The van der Waals surface area contributed by atoms with E-state index in [4.69, 9.17) is 11.6 Å². The van der Waals surface area contributed by atoms with E-state index < -0.39 is 4.92 Å². The van der Waals surface area contributed by atoms with Crippen molar-refractivity contribution in [1.82, 2.24) is 19.6 Å². The van der Waals surface area contributed by atoms with Gasteiger partial charge >= 0.3 is 5.69 Å². The topological polar surface area (TPSA) is 67.4 Å². The van der Waals surface area contributed by atoms with Gasteiger partial charge in [-0.05, 0) is 12.1 Å². The zero-order chi connectivity index (χ0) is 15.5. The second-order valence-electron chi connectivity index (χ2n) is 5.24. The molecule has 0 spiro atoms. The first-order valence-electron chi connectivity index (χ1n) is 6.96. The highest BCUT2D eigenvalue weighted by atomic mass is 35.5. The van der Waals surface area contributed by atoms with Gasteiger partial charge in [0.25, 0.3) is 0 Å². The van der Waals surface area contributed by atoms with Gasteiger partial charge in [-0.3, -0.25) is 24.6 Å². The first-order valence-corrected chi connectivity index (χ1v) is 8.15. The number of nitrogens with zero attached hydrogens (tertiary/aromatic N) is 5. The van der Waals surface area contributed by atoms with Crippen molar-refractivity contribution in [3.63, 3.8) is 0 Å². The Morgan fingerprint density at radius 2 is 2.00 bits per heavy atom. The maximum Gasteiger partial charge on any atom is 0.307 e.